The summed E-state index contributed by atoms with van der Waals surface area (Å²) in [6.07, 6.45) is 4.66. The van der Waals surface area contributed by atoms with Crippen molar-refractivity contribution in [3.63, 3.8) is 0 Å². The zero-order chi connectivity index (χ0) is 24.5. The quantitative estimate of drug-likeness (QED) is 0.389. The second-order valence-corrected chi connectivity index (χ2v) is 10.5. The van der Waals surface area contributed by atoms with E-state index < -0.39 is 0 Å². The van der Waals surface area contributed by atoms with Crippen molar-refractivity contribution >= 4 is 46.2 Å². The number of benzene rings is 3. The summed E-state index contributed by atoms with van der Waals surface area (Å²) in [5, 5.41) is 4.69. The standard InChI is InChI=1S/C29H31Cl2N3O/c1-19-16-28(32-23-9-12-26(30)27(31)18-23)25-17-22(8-13-29(25)34(19)20(2)35)21-6-10-24(11-7-21)33-14-4-3-5-15-33/h6-13,17-19,28,32H,3-5,14-16H2,1-2H3/t19-,28+/m1/s1. The van der Waals surface area contributed by atoms with Gasteiger partial charge in [-0.1, -0.05) is 41.4 Å². The lowest BCUT2D eigenvalue weighted by Crippen LogP contribution is -2.43. The fourth-order valence-electron chi connectivity index (χ4n) is 5.46. The van der Waals surface area contributed by atoms with Crippen LogP contribution in [0.1, 0.15) is 51.1 Å². The predicted molar refractivity (Wildman–Crippen MR) is 148 cm³/mol. The van der Waals surface area contributed by atoms with Crippen molar-refractivity contribution in [2.75, 3.05) is 28.2 Å². The number of rotatable bonds is 4. The highest BCUT2D eigenvalue weighted by Gasteiger charge is 2.32. The smallest absolute Gasteiger partial charge is 0.224 e. The van der Waals surface area contributed by atoms with E-state index >= 15 is 0 Å². The third kappa shape index (κ3) is 5.00. The van der Waals surface area contributed by atoms with Crippen LogP contribution in [0.25, 0.3) is 11.1 Å². The molecule has 2 aliphatic heterocycles. The van der Waals surface area contributed by atoms with Crippen LogP contribution in [0.4, 0.5) is 17.1 Å². The number of halogens is 2. The molecule has 0 aromatic heterocycles. The highest BCUT2D eigenvalue weighted by molar-refractivity contribution is 6.42. The summed E-state index contributed by atoms with van der Waals surface area (Å²) in [5.41, 5.74) is 6.60. The number of nitrogens with one attached hydrogen (secondary N) is 1. The first-order chi connectivity index (χ1) is 16.9. The summed E-state index contributed by atoms with van der Waals surface area (Å²) in [5.74, 6) is 0.0605. The van der Waals surface area contributed by atoms with Gasteiger partial charge in [-0.05, 0) is 91.8 Å². The number of hydrogen-bond donors (Lipinski definition) is 1. The van der Waals surface area contributed by atoms with Gasteiger partial charge >= 0.3 is 0 Å². The Labute approximate surface area is 217 Å². The average Bonchev–Trinajstić information content (AvgIpc) is 2.86. The minimum absolute atomic E-state index is 0.0421. The van der Waals surface area contributed by atoms with Crippen LogP contribution in [0.5, 0.6) is 0 Å². The second kappa shape index (κ2) is 10.1. The van der Waals surface area contributed by atoms with Crippen LogP contribution in [0.2, 0.25) is 10.0 Å². The molecule has 0 unspecified atom stereocenters. The summed E-state index contributed by atoms with van der Waals surface area (Å²) in [4.78, 5) is 16.9. The molecule has 6 heteroatoms. The first-order valence-corrected chi connectivity index (χ1v) is 13.2. The zero-order valence-electron chi connectivity index (χ0n) is 20.2. The van der Waals surface area contributed by atoms with E-state index in [0.717, 1.165) is 42.0 Å². The molecule has 5 rings (SSSR count). The van der Waals surface area contributed by atoms with Crippen molar-refractivity contribution in [2.45, 2.75) is 51.6 Å². The van der Waals surface area contributed by atoms with Gasteiger partial charge in [0.05, 0.1) is 16.1 Å². The number of anilines is 3. The van der Waals surface area contributed by atoms with Gasteiger partial charge in [0.2, 0.25) is 5.91 Å². The van der Waals surface area contributed by atoms with Crippen LogP contribution in [0, 0.1) is 0 Å². The third-order valence-electron chi connectivity index (χ3n) is 7.20. The molecule has 3 aromatic carbocycles. The molecule has 0 bridgehead atoms. The molecular formula is C29H31Cl2N3O. The molecule has 1 fully saturated rings. The first-order valence-electron chi connectivity index (χ1n) is 12.4. The highest BCUT2D eigenvalue weighted by Crippen LogP contribution is 2.42. The van der Waals surface area contributed by atoms with Gasteiger partial charge in [-0.25, -0.2) is 0 Å². The van der Waals surface area contributed by atoms with E-state index in [0.29, 0.717) is 10.0 Å². The molecule has 4 nitrogen and oxygen atoms in total. The Kier molecular flexibility index (Phi) is 6.95. The fourth-order valence-corrected chi connectivity index (χ4v) is 5.76. The van der Waals surface area contributed by atoms with Crippen LogP contribution in [-0.2, 0) is 4.79 Å². The number of carbonyl (C=O) groups excluding carboxylic acids is 1. The highest BCUT2D eigenvalue weighted by atomic mass is 35.5. The molecule has 2 atom stereocenters. The van der Waals surface area contributed by atoms with Gasteiger partial charge in [0, 0.05) is 43.1 Å². The van der Waals surface area contributed by atoms with Crippen molar-refractivity contribution in [3.8, 4) is 11.1 Å². The van der Waals surface area contributed by atoms with E-state index in [1.165, 1.54) is 30.5 Å². The first kappa shape index (κ1) is 24.0. The molecule has 3 aromatic rings. The summed E-state index contributed by atoms with van der Waals surface area (Å²) < 4.78 is 0. The number of fused-ring (bicyclic) bond motifs is 1. The minimum atomic E-state index is 0.0421. The molecule has 0 spiro atoms. The Bertz CT molecular complexity index is 1220. The molecule has 0 aliphatic carbocycles. The van der Waals surface area contributed by atoms with Crippen molar-refractivity contribution in [3.05, 3.63) is 76.3 Å². The topological polar surface area (TPSA) is 35.6 Å². The van der Waals surface area contributed by atoms with E-state index in [9.17, 15) is 4.79 Å². The Morgan fingerprint density at radius 3 is 2.29 bits per heavy atom. The van der Waals surface area contributed by atoms with Crippen molar-refractivity contribution in [1.82, 2.24) is 0 Å². The predicted octanol–water partition coefficient (Wildman–Crippen LogP) is 7.95. The third-order valence-corrected chi connectivity index (χ3v) is 7.94. The number of hydrogen-bond acceptors (Lipinski definition) is 3. The maximum Gasteiger partial charge on any atom is 0.224 e. The van der Waals surface area contributed by atoms with Gasteiger partial charge in [-0.2, -0.15) is 0 Å². The molecule has 1 amide bonds. The normalized spacial score (nSPS) is 19.9. The van der Waals surface area contributed by atoms with E-state index in [2.05, 4.69) is 59.6 Å². The van der Waals surface area contributed by atoms with E-state index in [-0.39, 0.29) is 18.0 Å². The Morgan fingerprint density at radius 2 is 1.60 bits per heavy atom. The number of amides is 1. The molecule has 1 N–H and O–H groups in total. The molecule has 1 saturated heterocycles. The lowest BCUT2D eigenvalue weighted by Gasteiger charge is -2.40. The van der Waals surface area contributed by atoms with Crippen LogP contribution >= 0.6 is 23.2 Å². The maximum absolute atomic E-state index is 12.5. The summed E-state index contributed by atoms with van der Waals surface area (Å²) >= 11 is 12.4. The Hall–Kier alpha value is -2.69. The SMILES string of the molecule is CC(=O)N1c2ccc(-c3ccc(N4CCCCC4)cc3)cc2[C@@H](Nc2ccc(Cl)c(Cl)c2)C[C@H]1C. The summed E-state index contributed by atoms with van der Waals surface area (Å²) in [6.45, 7) is 6.01. The molecule has 0 saturated carbocycles. The van der Waals surface area contributed by atoms with Gasteiger partial charge in [0.15, 0.2) is 0 Å². The van der Waals surface area contributed by atoms with E-state index in [1.807, 2.05) is 23.1 Å². The van der Waals surface area contributed by atoms with Crippen LogP contribution in [0.3, 0.4) is 0 Å². The van der Waals surface area contributed by atoms with Gasteiger partial charge in [0.25, 0.3) is 0 Å². The molecule has 182 valence electrons. The molecule has 0 radical (unpaired) electrons. The van der Waals surface area contributed by atoms with Crippen LogP contribution in [-0.4, -0.2) is 25.0 Å². The van der Waals surface area contributed by atoms with Crippen molar-refractivity contribution in [2.24, 2.45) is 0 Å². The average molecular weight is 508 g/mol. The maximum atomic E-state index is 12.5. The Morgan fingerprint density at radius 1 is 0.886 bits per heavy atom. The van der Waals surface area contributed by atoms with Gasteiger partial charge in [-0.3, -0.25) is 4.79 Å². The molecule has 2 aliphatic rings. The van der Waals surface area contributed by atoms with Crippen LogP contribution in [0.15, 0.2) is 60.7 Å². The lowest BCUT2D eigenvalue weighted by atomic mass is 9.89. The number of nitrogens with zero attached hydrogens (tertiary/aromatic N) is 2. The number of carbonyl (C=O) groups is 1. The summed E-state index contributed by atoms with van der Waals surface area (Å²) in [6, 6.07) is 21.0. The number of piperidine rings is 1. The van der Waals surface area contributed by atoms with Crippen molar-refractivity contribution in [1.29, 1.82) is 0 Å². The monoisotopic (exact) mass is 507 g/mol. The molecule has 2 heterocycles. The Balaban J connectivity index is 1.48. The second-order valence-electron chi connectivity index (χ2n) is 9.67. The van der Waals surface area contributed by atoms with Crippen LogP contribution < -0.4 is 15.1 Å². The zero-order valence-corrected chi connectivity index (χ0v) is 21.7. The molecular weight excluding hydrogens is 477 g/mol. The lowest BCUT2D eigenvalue weighted by molar-refractivity contribution is -0.117. The molecule has 35 heavy (non-hydrogen) atoms. The van der Waals surface area contributed by atoms with E-state index in [1.54, 1.807) is 6.92 Å². The van der Waals surface area contributed by atoms with Gasteiger partial charge in [-0.15, -0.1) is 0 Å². The largest absolute Gasteiger partial charge is 0.378 e. The summed E-state index contributed by atoms with van der Waals surface area (Å²) in [7, 11) is 0. The van der Waals surface area contributed by atoms with Gasteiger partial charge < -0.3 is 15.1 Å². The minimum Gasteiger partial charge on any atom is -0.378 e. The van der Waals surface area contributed by atoms with E-state index in [4.69, 9.17) is 23.2 Å². The van der Waals surface area contributed by atoms with Crippen molar-refractivity contribution < 1.29 is 4.79 Å². The van der Waals surface area contributed by atoms with Gasteiger partial charge in [0.1, 0.15) is 0 Å². The fraction of sp³-hybridized carbons (Fsp3) is 0.345.